The summed E-state index contributed by atoms with van der Waals surface area (Å²) >= 11 is 0. The Morgan fingerprint density at radius 1 is 0.851 bits per heavy atom. The van der Waals surface area contributed by atoms with E-state index in [0.29, 0.717) is 11.8 Å². The molecule has 4 unspecified atom stereocenters. The van der Waals surface area contributed by atoms with Gasteiger partial charge < -0.3 is 0 Å². The molecule has 0 aromatic heterocycles. The third kappa shape index (κ3) is 5.69. The fourth-order valence-corrected chi connectivity index (χ4v) is 8.70. The summed E-state index contributed by atoms with van der Waals surface area (Å²) in [6.45, 7) is 6.94. The summed E-state index contributed by atoms with van der Waals surface area (Å²) in [7, 11) is 0. The molecule has 0 saturated heterocycles. The molecule has 8 rings (SSSR count). The smallest absolute Gasteiger partial charge is 0.155 e. The molecule has 1 heterocycles. The van der Waals surface area contributed by atoms with Crippen LogP contribution in [0.3, 0.4) is 0 Å². The molecule has 2 nitrogen and oxygen atoms in total. The lowest BCUT2D eigenvalue weighted by Crippen LogP contribution is -2.41. The van der Waals surface area contributed by atoms with Gasteiger partial charge in [-0.1, -0.05) is 139 Å². The van der Waals surface area contributed by atoms with Crippen LogP contribution in [0.25, 0.3) is 11.1 Å². The van der Waals surface area contributed by atoms with Crippen molar-refractivity contribution in [3.8, 4) is 0 Å². The van der Waals surface area contributed by atoms with Crippen LogP contribution < -0.4 is 10.4 Å². The molecule has 2 heteroatoms. The van der Waals surface area contributed by atoms with Gasteiger partial charge in [0, 0.05) is 23.1 Å². The molecule has 4 atom stereocenters. The van der Waals surface area contributed by atoms with Crippen LogP contribution in [-0.2, 0) is 0 Å². The Hall–Kier alpha value is -4.56. The lowest BCUT2D eigenvalue weighted by molar-refractivity contribution is 0.504. The summed E-state index contributed by atoms with van der Waals surface area (Å²) < 4.78 is 0. The predicted octanol–water partition coefficient (Wildman–Crippen LogP) is 9.20. The summed E-state index contributed by atoms with van der Waals surface area (Å²) in [5, 5.41) is 2.82. The number of nitrogens with zero attached hydrogens (tertiary/aromatic N) is 2. The molecule has 0 fully saturated rings. The molecule has 47 heavy (non-hydrogen) atoms. The summed E-state index contributed by atoms with van der Waals surface area (Å²) in [4.78, 5) is 10.7. The van der Waals surface area contributed by atoms with E-state index in [9.17, 15) is 0 Å². The van der Waals surface area contributed by atoms with E-state index in [-0.39, 0.29) is 11.5 Å². The molecule has 0 bridgehead atoms. The first-order valence-electron chi connectivity index (χ1n) is 17.5. The average molecular weight is 613 g/mol. The fraction of sp³-hybridized carbons (Fsp3) is 0.289. The summed E-state index contributed by atoms with van der Waals surface area (Å²) in [5.74, 6) is 1.64. The van der Waals surface area contributed by atoms with Gasteiger partial charge in [0.25, 0.3) is 0 Å². The zero-order chi connectivity index (χ0) is 32.0. The maximum Gasteiger partial charge on any atom is 0.155 e. The first-order valence-corrected chi connectivity index (χ1v) is 17.5. The standard InChI is InChI=1S/C45H44N2/c1-30-21-22-37(31(2)24-30)34-25-35(40-29-45(3)23-13-12-20-41(45)39-19-11-10-18-38(39)40)27-36(26-34)43-28-42(32-14-6-4-7-15-32)46-44(47-43)33-16-8-5-9-17-33/h4-6,8-14,16-24,27,34-35,42H,7,15,25-26,28-29H2,1-3H3. The van der Waals surface area contributed by atoms with Crippen LogP contribution in [0, 0.1) is 25.2 Å². The minimum Gasteiger partial charge on any atom is -0.258 e. The normalized spacial score (nSPS) is 26.6. The highest BCUT2D eigenvalue weighted by Gasteiger charge is 2.37. The predicted molar refractivity (Wildman–Crippen MR) is 198 cm³/mol. The fourth-order valence-electron chi connectivity index (χ4n) is 8.70. The van der Waals surface area contributed by atoms with Gasteiger partial charge in [-0.2, -0.15) is 0 Å². The summed E-state index contributed by atoms with van der Waals surface area (Å²) in [5.41, 5.74) is 12.4. The molecule has 1 aliphatic heterocycles. The first-order chi connectivity index (χ1) is 22.9. The maximum atomic E-state index is 5.41. The topological polar surface area (TPSA) is 24.7 Å². The molecular formula is C45H44N2. The molecular weight excluding hydrogens is 569 g/mol. The number of fused-ring (bicyclic) bond motifs is 2. The molecule has 0 spiro atoms. The van der Waals surface area contributed by atoms with Crippen molar-refractivity contribution in [1.29, 1.82) is 0 Å². The number of rotatable bonds is 5. The number of aliphatic imine (C=N–C) groups is 2. The van der Waals surface area contributed by atoms with E-state index in [4.69, 9.17) is 9.98 Å². The average Bonchev–Trinajstić information content (AvgIpc) is 3.11. The maximum absolute atomic E-state index is 5.41. The van der Waals surface area contributed by atoms with E-state index in [1.807, 2.05) is 0 Å². The van der Waals surface area contributed by atoms with Gasteiger partial charge in [-0.05, 0) is 96.1 Å². The zero-order valence-corrected chi connectivity index (χ0v) is 27.9. The van der Waals surface area contributed by atoms with Crippen molar-refractivity contribution in [3.63, 3.8) is 0 Å². The van der Waals surface area contributed by atoms with Gasteiger partial charge in [0.15, 0.2) is 5.84 Å². The number of amidine groups is 1. The van der Waals surface area contributed by atoms with Crippen molar-refractivity contribution in [2.75, 3.05) is 0 Å². The van der Waals surface area contributed by atoms with Gasteiger partial charge in [0.05, 0.1) is 6.04 Å². The van der Waals surface area contributed by atoms with Crippen LogP contribution in [0.1, 0.15) is 73.6 Å². The van der Waals surface area contributed by atoms with E-state index in [1.54, 1.807) is 5.57 Å². The number of hydrogen-bond acceptors (Lipinski definition) is 2. The van der Waals surface area contributed by atoms with Gasteiger partial charge in [-0.3, -0.25) is 4.99 Å². The first kappa shape index (κ1) is 29.8. The van der Waals surface area contributed by atoms with E-state index in [2.05, 4.69) is 142 Å². The van der Waals surface area contributed by atoms with Crippen LogP contribution in [0.4, 0.5) is 0 Å². The zero-order valence-electron chi connectivity index (χ0n) is 27.9. The number of hydrogen-bond donors (Lipinski definition) is 0. The van der Waals surface area contributed by atoms with E-state index >= 15 is 0 Å². The lowest BCUT2D eigenvalue weighted by atomic mass is 9.65. The lowest BCUT2D eigenvalue weighted by Gasteiger charge is -2.39. The van der Waals surface area contributed by atoms with Crippen molar-refractivity contribution in [2.45, 2.75) is 71.3 Å². The molecule has 5 aliphatic rings. The Morgan fingerprint density at radius 2 is 1.68 bits per heavy atom. The second-order valence-electron chi connectivity index (χ2n) is 14.4. The van der Waals surface area contributed by atoms with Crippen molar-refractivity contribution in [3.05, 3.63) is 165 Å². The van der Waals surface area contributed by atoms with Gasteiger partial charge in [0.1, 0.15) is 0 Å². The molecule has 4 aliphatic carbocycles. The number of aryl methyl sites for hydroxylation is 2. The quantitative estimate of drug-likeness (QED) is 0.275. The Balaban J connectivity index is 1.29. The van der Waals surface area contributed by atoms with Gasteiger partial charge in [0.2, 0.25) is 0 Å². The molecule has 234 valence electrons. The second kappa shape index (κ2) is 12.2. The SMILES string of the molecule is Cc1ccc(C2CC(C3=NC(c4ccccc4)=NC(C4=CC=CCC4)C3)=CC(C3=c4ccccc4=C4C=CC=CC4(C)C3)C2)c(C)c1. The second-order valence-corrected chi connectivity index (χ2v) is 14.4. The van der Waals surface area contributed by atoms with Crippen molar-refractivity contribution < 1.29 is 0 Å². The highest BCUT2D eigenvalue weighted by Crippen LogP contribution is 2.47. The van der Waals surface area contributed by atoms with E-state index in [0.717, 1.165) is 49.9 Å². The van der Waals surface area contributed by atoms with Gasteiger partial charge >= 0.3 is 0 Å². The van der Waals surface area contributed by atoms with Gasteiger partial charge in [-0.15, -0.1) is 0 Å². The summed E-state index contributed by atoms with van der Waals surface area (Å²) in [6, 6.07) is 26.9. The molecule has 0 amide bonds. The highest BCUT2D eigenvalue weighted by atomic mass is 15.0. The van der Waals surface area contributed by atoms with Crippen LogP contribution in [0.5, 0.6) is 0 Å². The molecule has 0 N–H and O–H groups in total. The Morgan fingerprint density at radius 3 is 2.49 bits per heavy atom. The largest absolute Gasteiger partial charge is 0.258 e. The number of allylic oxidation sites excluding steroid dienone is 9. The molecule has 0 saturated carbocycles. The summed E-state index contributed by atoms with van der Waals surface area (Å²) in [6.07, 6.45) is 24.8. The van der Waals surface area contributed by atoms with Crippen LogP contribution in [-0.4, -0.2) is 17.6 Å². The van der Waals surface area contributed by atoms with Crippen LogP contribution in [0.15, 0.2) is 143 Å². The Bertz CT molecular complexity index is 2080. The van der Waals surface area contributed by atoms with Crippen LogP contribution >= 0.6 is 0 Å². The highest BCUT2D eigenvalue weighted by molar-refractivity contribution is 6.14. The van der Waals surface area contributed by atoms with E-state index < -0.39 is 0 Å². The monoisotopic (exact) mass is 612 g/mol. The Labute approximate surface area is 279 Å². The third-order valence-corrected chi connectivity index (χ3v) is 11.1. The molecule has 3 aromatic carbocycles. The number of benzene rings is 3. The Kier molecular flexibility index (Phi) is 7.76. The minimum absolute atomic E-state index is 0.000717. The third-order valence-electron chi connectivity index (χ3n) is 11.1. The van der Waals surface area contributed by atoms with Crippen molar-refractivity contribution >= 4 is 22.7 Å². The van der Waals surface area contributed by atoms with Crippen molar-refractivity contribution in [1.82, 2.24) is 0 Å². The van der Waals surface area contributed by atoms with Crippen LogP contribution in [0.2, 0.25) is 0 Å². The van der Waals surface area contributed by atoms with Gasteiger partial charge in [-0.25, -0.2) is 4.99 Å². The minimum atomic E-state index is 0.000717. The molecule has 0 radical (unpaired) electrons. The molecule has 3 aromatic rings. The van der Waals surface area contributed by atoms with Crippen molar-refractivity contribution in [2.24, 2.45) is 21.3 Å². The van der Waals surface area contributed by atoms with E-state index in [1.165, 1.54) is 49.6 Å².